The molecule has 0 saturated carbocycles. The first-order valence-electron chi connectivity index (χ1n) is 3.59. The first-order chi connectivity index (χ1) is 5.68. The molecule has 1 aromatic rings. The number of anilines is 1. The van der Waals surface area contributed by atoms with Crippen molar-refractivity contribution >= 4 is 32.6 Å². The highest BCUT2D eigenvalue weighted by Crippen LogP contribution is 2.31. The van der Waals surface area contributed by atoms with E-state index in [1.54, 1.807) is 0 Å². The lowest BCUT2D eigenvalue weighted by Gasteiger charge is -2.09. The molecular weight excluding hydrogens is 238 g/mol. The van der Waals surface area contributed by atoms with Crippen LogP contribution in [0.2, 0.25) is 0 Å². The van der Waals surface area contributed by atoms with Crippen LogP contribution in [0.5, 0.6) is 0 Å². The maximum atomic E-state index is 11.4. The number of fused-ring (bicyclic) bond motifs is 1. The van der Waals surface area contributed by atoms with Crippen molar-refractivity contribution in [3.05, 3.63) is 28.2 Å². The van der Waals surface area contributed by atoms with E-state index in [0.29, 0.717) is 5.75 Å². The quantitative estimate of drug-likeness (QED) is 0.686. The summed E-state index contributed by atoms with van der Waals surface area (Å²) in [5.74, 6) is 0.644. The van der Waals surface area contributed by atoms with E-state index in [2.05, 4.69) is 15.9 Å². The normalized spacial score (nSPS) is 21.2. The highest BCUT2D eigenvalue weighted by Gasteiger charge is 2.22. The molecule has 1 unspecified atom stereocenters. The molecule has 1 atom stereocenters. The van der Waals surface area contributed by atoms with E-state index in [1.165, 1.54) is 0 Å². The van der Waals surface area contributed by atoms with Crippen LogP contribution in [-0.4, -0.2) is 11.3 Å². The largest absolute Gasteiger partial charge is 0.294 e. The molecule has 1 heterocycles. The van der Waals surface area contributed by atoms with Crippen LogP contribution in [0.15, 0.2) is 22.7 Å². The second-order valence-electron chi connectivity index (χ2n) is 2.74. The smallest absolute Gasteiger partial charge is 0.124 e. The molecule has 64 valence electrons. The summed E-state index contributed by atoms with van der Waals surface area (Å²) in [4.78, 5) is 0. The molecular formula is C8H8BrNOS. The van der Waals surface area contributed by atoms with Crippen molar-refractivity contribution in [2.75, 3.05) is 11.4 Å². The third-order valence-electron chi connectivity index (χ3n) is 1.97. The van der Waals surface area contributed by atoms with E-state index in [1.807, 2.05) is 29.6 Å². The Balaban J connectivity index is 2.54. The van der Waals surface area contributed by atoms with Gasteiger partial charge in [0.25, 0.3) is 0 Å². The van der Waals surface area contributed by atoms with Crippen LogP contribution in [-0.2, 0) is 16.7 Å². The maximum Gasteiger partial charge on any atom is 0.124 e. The zero-order chi connectivity index (χ0) is 8.72. The standard InChI is InChI=1S/C8H8BrNOS/c1-10-8-3-2-7(9)4-6(8)5-12(10)11/h2-4H,5H2,1H3. The zero-order valence-corrected chi connectivity index (χ0v) is 8.98. The van der Waals surface area contributed by atoms with Gasteiger partial charge in [-0.25, -0.2) is 4.21 Å². The van der Waals surface area contributed by atoms with Gasteiger partial charge >= 0.3 is 0 Å². The molecule has 0 radical (unpaired) electrons. The summed E-state index contributed by atoms with van der Waals surface area (Å²) < 4.78 is 14.2. The number of benzene rings is 1. The molecule has 1 aliphatic rings. The molecule has 0 saturated heterocycles. The van der Waals surface area contributed by atoms with Gasteiger partial charge in [0.2, 0.25) is 0 Å². The summed E-state index contributed by atoms with van der Waals surface area (Å²) in [6.45, 7) is 0. The molecule has 2 nitrogen and oxygen atoms in total. The predicted octanol–water partition coefficient (Wildman–Crippen LogP) is 2.06. The van der Waals surface area contributed by atoms with Crippen molar-refractivity contribution < 1.29 is 4.21 Å². The summed E-state index contributed by atoms with van der Waals surface area (Å²) in [5, 5.41) is 0. The molecule has 0 spiro atoms. The van der Waals surface area contributed by atoms with Crippen molar-refractivity contribution in [3.63, 3.8) is 0 Å². The lowest BCUT2D eigenvalue weighted by Crippen LogP contribution is -2.13. The van der Waals surface area contributed by atoms with Gasteiger partial charge in [-0.05, 0) is 23.8 Å². The van der Waals surface area contributed by atoms with Crippen molar-refractivity contribution in [2.45, 2.75) is 5.75 Å². The summed E-state index contributed by atoms with van der Waals surface area (Å²) in [7, 11) is 0.997. The Kier molecular flexibility index (Phi) is 1.96. The monoisotopic (exact) mass is 245 g/mol. The van der Waals surface area contributed by atoms with E-state index in [9.17, 15) is 4.21 Å². The Bertz CT molecular complexity index is 353. The molecule has 0 amide bonds. The minimum absolute atomic E-state index is 0.644. The lowest BCUT2D eigenvalue weighted by molar-refractivity contribution is 0.683. The number of rotatable bonds is 0. The van der Waals surface area contributed by atoms with Gasteiger partial charge in [-0.15, -0.1) is 0 Å². The minimum atomic E-state index is -0.860. The predicted molar refractivity (Wildman–Crippen MR) is 54.4 cm³/mol. The summed E-state index contributed by atoms with van der Waals surface area (Å²) >= 11 is 3.39. The van der Waals surface area contributed by atoms with Gasteiger partial charge < -0.3 is 0 Å². The van der Waals surface area contributed by atoms with Gasteiger partial charge in [-0.1, -0.05) is 15.9 Å². The molecule has 12 heavy (non-hydrogen) atoms. The third-order valence-corrected chi connectivity index (χ3v) is 3.82. The average Bonchev–Trinajstić information content (AvgIpc) is 2.28. The van der Waals surface area contributed by atoms with Gasteiger partial charge in [0.1, 0.15) is 11.0 Å². The van der Waals surface area contributed by atoms with Gasteiger partial charge in [-0.3, -0.25) is 4.31 Å². The van der Waals surface area contributed by atoms with Crippen LogP contribution in [0.25, 0.3) is 0 Å². The first-order valence-corrected chi connectivity index (χ1v) is 5.66. The highest BCUT2D eigenvalue weighted by molar-refractivity contribution is 9.10. The molecule has 0 bridgehead atoms. The first kappa shape index (κ1) is 8.26. The number of hydrogen-bond donors (Lipinski definition) is 0. The van der Waals surface area contributed by atoms with Gasteiger partial charge in [-0.2, -0.15) is 0 Å². The average molecular weight is 246 g/mol. The summed E-state index contributed by atoms with van der Waals surface area (Å²) in [5.41, 5.74) is 2.24. The van der Waals surface area contributed by atoms with E-state index in [4.69, 9.17) is 0 Å². The fourth-order valence-electron chi connectivity index (χ4n) is 1.32. The Morgan fingerprint density at radius 2 is 2.33 bits per heavy atom. The SMILES string of the molecule is CN1c2ccc(Br)cc2CS1=O. The highest BCUT2D eigenvalue weighted by atomic mass is 79.9. The van der Waals surface area contributed by atoms with Gasteiger partial charge in [0, 0.05) is 11.5 Å². The fourth-order valence-corrected chi connectivity index (χ4v) is 2.81. The van der Waals surface area contributed by atoms with E-state index in [0.717, 1.165) is 15.7 Å². The second kappa shape index (κ2) is 2.85. The second-order valence-corrected chi connectivity index (χ2v) is 5.13. The van der Waals surface area contributed by atoms with Crippen LogP contribution in [0.4, 0.5) is 5.69 Å². The van der Waals surface area contributed by atoms with Crippen molar-refractivity contribution in [1.82, 2.24) is 0 Å². The summed E-state index contributed by atoms with van der Waals surface area (Å²) in [6.07, 6.45) is 0. The lowest BCUT2D eigenvalue weighted by atomic mass is 10.2. The molecule has 0 aromatic heterocycles. The molecule has 1 aromatic carbocycles. The van der Waals surface area contributed by atoms with E-state index in [-0.39, 0.29) is 0 Å². The molecule has 1 aliphatic heterocycles. The zero-order valence-electron chi connectivity index (χ0n) is 6.58. The number of nitrogens with zero attached hydrogens (tertiary/aromatic N) is 1. The van der Waals surface area contributed by atoms with E-state index < -0.39 is 11.0 Å². The van der Waals surface area contributed by atoms with Crippen molar-refractivity contribution in [1.29, 1.82) is 0 Å². The number of halogens is 1. The Morgan fingerprint density at radius 1 is 1.58 bits per heavy atom. The van der Waals surface area contributed by atoms with Gasteiger partial charge in [0.05, 0.1) is 11.4 Å². The third kappa shape index (κ3) is 1.19. The van der Waals surface area contributed by atoms with E-state index >= 15 is 0 Å². The number of hydrogen-bond acceptors (Lipinski definition) is 1. The summed E-state index contributed by atoms with van der Waals surface area (Å²) in [6, 6.07) is 5.99. The molecule has 0 N–H and O–H groups in total. The van der Waals surface area contributed by atoms with Crippen LogP contribution in [0, 0.1) is 0 Å². The van der Waals surface area contributed by atoms with Crippen molar-refractivity contribution in [2.24, 2.45) is 0 Å². The Morgan fingerprint density at radius 3 is 3.08 bits per heavy atom. The van der Waals surface area contributed by atoms with Crippen molar-refractivity contribution in [3.8, 4) is 0 Å². The molecule has 4 heteroatoms. The maximum absolute atomic E-state index is 11.4. The minimum Gasteiger partial charge on any atom is -0.294 e. The van der Waals surface area contributed by atoms with Crippen LogP contribution in [0.3, 0.4) is 0 Å². The van der Waals surface area contributed by atoms with Crippen LogP contribution in [0.1, 0.15) is 5.56 Å². The fraction of sp³-hybridized carbons (Fsp3) is 0.250. The van der Waals surface area contributed by atoms with Gasteiger partial charge in [0.15, 0.2) is 0 Å². The molecule has 0 aliphatic carbocycles. The molecule has 0 fully saturated rings. The topological polar surface area (TPSA) is 20.3 Å². The van der Waals surface area contributed by atoms with Crippen LogP contribution < -0.4 is 4.31 Å². The van der Waals surface area contributed by atoms with Crippen LogP contribution >= 0.6 is 15.9 Å². The Hall–Kier alpha value is -0.350. The molecule has 2 rings (SSSR count). The Labute approximate surface area is 82.3 Å².